The minimum atomic E-state index is 0.706. The lowest BCUT2D eigenvalue weighted by molar-refractivity contribution is 0.800. The fourth-order valence-corrected chi connectivity index (χ4v) is 2.08. The van der Waals surface area contributed by atoms with Crippen LogP contribution in [0.25, 0.3) is 12.2 Å². The standard InChI is InChI=1S/C11H11I/c1-8-2-3-10-7-11(12)5-4-9(10)6-8/h3-8H,2H2,1H3. The van der Waals surface area contributed by atoms with E-state index in [1.165, 1.54) is 20.4 Å². The van der Waals surface area contributed by atoms with Crippen molar-refractivity contribution in [3.8, 4) is 0 Å². The fraction of sp³-hybridized carbons (Fsp3) is 0.273. The molecule has 0 spiro atoms. The Bertz CT molecular complexity index is 404. The van der Waals surface area contributed by atoms with Gasteiger partial charge in [0.1, 0.15) is 0 Å². The molecule has 0 saturated carbocycles. The van der Waals surface area contributed by atoms with Crippen LogP contribution in [0.5, 0.6) is 0 Å². The third-order valence-electron chi connectivity index (χ3n) is 2.22. The maximum absolute atomic E-state index is 2.36. The van der Waals surface area contributed by atoms with Crippen molar-refractivity contribution in [1.29, 1.82) is 0 Å². The summed E-state index contributed by atoms with van der Waals surface area (Å²) in [6, 6.07) is 6.63. The molecule has 2 rings (SSSR count). The van der Waals surface area contributed by atoms with Gasteiger partial charge in [0.2, 0.25) is 0 Å². The van der Waals surface area contributed by atoms with Crippen LogP contribution in [0.15, 0.2) is 18.2 Å². The second kappa shape index (κ2) is 3.21. The van der Waals surface area contributed by atoms with Gasteiger partial charge in [-0.05, 0) is 57.5 Å². The fourth-order valence-electron chi connectivity index (χ4n) is 1.56. The van der Waals surface area contributed by atoms with E-state index in [4.69, 9.17) is 0 Å². The van der Waals surface area contributed by atoms with Gasteiger partial charge >= 0.3 is 0 Å². The predicted octanol–water partition coefficient (Wildman–Crippen LogP) is 1.89. The SMILES string of the molecule is CC1C=c2ccc(I)cc2=CC1. The first-order valence-electron chi connectivity index (χ1n) is 4.23. The van der Waals surface area contributed by atoms with Crippen LogP contribution >= 0.6 is 22.6 Å². The van der Waals surface area contributed by atoms with Crippen molar-refractivity contribution < 1.29 is 0 Å². The molecule has 0 radical (unpaired) electrons. The van der Waals surface area contributed by atoms with Crippen LogP contribution in [0.2, 0.25) is 0 Å². The first-order chi connectivity index (χ1) is 5.75. The molecule has 0 heterocycles. The lowest BCUT2D eigenvalue weighted by Crippen LogP contribution is -2.28. The van der Waals surface area contributed by atoms with Crippen molar-refractivity contribution in [3.63, 3.8) is 0 Å². The maximum Gasteiger partial charge on any atom is 0.0136 e. The molecule has 0 aliphatic heterocycles. The number of halogens is 1. The molecular weight excluding hydrogens is 259 g/mol. The Hall–Kier alpha value is -0.310. The average molecular weight is 270 g/mol. The van der Waals surface area contributed by atoms with Crippen LogP contribution in [0, 0.1) is 9.49 Å². The molecule has 0 fully saturated rings. The Kier molecular flexibility index (Phi) is 2.22. The smallest absolute Gasteiger partial charge is 0.0136 e. The van der Waals surface area contributed by atoms with E-state index >= 15 is 0 Å². The zero-order valence-corrected chi connectivity index (χ0v) is 9.21. The first-order valence-corrected chi connectivity index (χ1v) is 5.31. The van der Waals surface area contributed by atoms with E-state index in [0.717, 1.165) is 0 Å². The maximum atomic E-state index is 2.36. The van der Waals surface area contributed by atoms with Crippen molar-refractivity contribution in [2.45, 2.75) is 13.3 Å². The van der Waals surface area contributed by atoms with E-state index in [1.807, 2.05) is 0 Å². The highest BCUT2D eigenvalue weighted by atomic mass is 127. The summed E-state index contributed by atoms with van der Waals surface area (Å²) in [5.74, 6) is 0.706. The molecule has 1 atom stereocenters. The van der Waals surface area contributed by atoms with E-state index in [1.54, 1.807) is 0 Å². The second-order valence-electron chi connectivity index (χ2n) is 3.36. The molecule has 62 valence electrons. The van der Waals surface area contributed by atoms with Gasteiger partial charge in [-0.2, -0.15) is 0 Å². The molecule has 1 aromatic rings. The molecule has 1 heteroatoms. The summed E-state index contributed by atoms with van der Waals surface area (Å²) in [7, 11) is 0. The van der Waals surface area contributed by atoms with Gasteiger partial charge in [-0.25, -0.2) is 0 Å². The molecule has 1 aliphatic carbocycles. The predicted molar refractivity (Wildman–Crippen MR) is 61.1 cm³/mol. The molecule has 0 saturated heterocycles. The Morgan fingerprint density at radius 1 is 1.33 bits per heavy atom. The Labute approximate surface area is 86.1 Å². The van der Waals surface area contributed by atoms with Crippen molar-refractivity contribution in [1.82, 2.24) is 0 Å². The summed E-state index contributed by atoms with van der Waals surface area (Å²) in [6.07, 6.45) is 5.88. The van der Waals surface area contributed by atoms with Crippen LogP contribution in [-0.2, 0) is 0 Å². The van der Waals surface area contributed by atoms with Gasteiger partial charge in [0, 0.05) is 3.57 Å². The van der Waals surface area contributed by atoms with Gasteiger partial charge in [-0.15, -0.1) is 0 Å². The zero-order chi connectivity index (χ0) is 8.55. The zero-order valence-electron chi connectivity index (χ0n) is 7.05. The Morgan fingerprint density at radius 2 is 2.17 bits per heavy atom. The number of fused-ring (bicyclic) bond motifs is 1. The molecule has 0 bridgehead atoms. The van der Waals surface area contributed by atoms with E-state index in [0.29, 0.717) is 5.92 Å². The summed E-state index contributed by atoms with van der Waals surface area (Å²) in [5, 5.41) is 2.80. The first kappa shape index (κ1) is 8.30. The normalized spacial score (nSPS) is 20.7. The van der Waals surface area contributed by atoms with Gasteiger partial charge < -0.3 is 0 Å². The minimum absolute atomic E-state index is 0.706. The Balaban J connectivity index is 2.71. The minimum Gasteiger partial charge on any atom is -0.0761 e. The highest BCUT2D eigenvalue weighted by molar-refractivity contribution is 14.1. The summed E-state index contributed by atoms with van der Waals surface area (Å²) < 4.78 is 1.32. The van der Waals surface area contributed by atoms with Crippen LogP contribution in [0.3, 0.4) is 0 Å². The summed E-state index contributed by atoms with van der Waals surface area (Å²) >= 11 is 2.36. The Morgan fingerprint density at radius 3 is 3.00 bits per heavy atom. The third kappa shape index (κ3) is 1.56. The third-order valence-corrected chi connectivity index (χ3v) is 2.89. The van der Waals surface area contributed by atoms with E-state index < -0.39 is 0 Å². The summed E-state index contributed by atoms with van der Waals surface area (Å²) in [4.78, 5) is 0. The van der Waals surface area contributed by atoms with Crippen molar-refractivity contribution >= 4 is 34.7 Å². The summed E-state index contributed by atoms with van der Waals surface area (Å²) in [5.41, 5.74) is 0. The lowest BCUT2D eigenvalue weighted by atomic mass is 9.99. The van der Waals surface area contributed by atoms with Gasteiger partial charge in [0.25, 0.3) is 0 Å². The molecule has 0 N–H and O–H groups in total. The molecule has 1 aliphatic rings. The van der Waals surface area contributed by atoms with Gasteiger partial charge in [-0.1, -0.05) is 25.1 Å². The number of rotatable bonds is 0. The highest BCUT2D eigenvalue weighted by Crippen LogP contribution is 2.06. The molecule has 1 aromatic carbocycles. The van der Waals surface area contributed by atoms with Gasteiger partial charge in [-0.3, -0.25) is 0 Å². The molecular formula is C11H11I. The number of hydrogen-bond donors (Lipinski definition) is 0. The average Bonchev–Trinajstić information content (AvgIpc) is 2.05. The van der Waals surface area contributed by atoms with E-state index in [2.05, 4.69) is 59.9 Å². The van der Waals surface area contributed by atoms with Crippen LogP contribution < -0.4 is 10.4 Å². The molecule has 0 nitrogen and oxygen atoms in total. The number of benzene rings is 1. The molecule has 1 unspecified atom stereocenters. The van der Waals surface area contributed by atoms with Crippen LogP contribution in [-0.4, -0.2) is 0 Å². The number of hydrogen-bond acceptors (Lipinski definition) is 0. The highest BCUT2D eigenvalue weighted by Gasteiger charge is 2.00. The molecule has 12 heavy (non-hydrogen) atoms. The van der Waals surface area contributed by atoms with Crippen molar-refractivity contribution in [2.75, 3.05) is 0 Å². The van der Waals surface area contributed by atoms with Crippen LogP contribution in [0.4, 0.5) is 0 Å². The van der Waals surface area contributed by atoms with E-state index in [9.17, 15) is 0 Å². The quantitative estimate of drug-likeness (QED) is 0.632. The summed E-state index contributed by atoms with van der Waals surface area (Å²) in [6.45, 7) is 2.26. The largest absolute Gasteiger partial charge is 0.0761 e. The molecule has 0 amide bonds. The van der Waals surface area contributed by atoms with Gasteiger partial charge in [0.05, 0.1) is 0 Å². The monoisotopic (exact) mass is 270 g/mol. The van der Waals surface area contributed by atoms with Crippen molar-refractivity contribution in [2.24, 2.45) is 5.92 Å². The lowest BCUT2D eigenvalue weighted by Gasteiger charge is -2.07. The van der Waals surface area contributed by atoms with Crippen LogP contribution in [0.1, 0.15) is 13.3 Å². The topological polar surface area (TPSA) is 0 Å². The van der Waals surface area contributed by atoms with Gasteiger partial charge in [0.15, 0.2) is 0 Å². The molecule has 0 aromatic heterocycles. The second-order valence-corrected chi connectivity index (χ2v) is 4.60. The van der Waals surface area contributed by atoms with Crippen molar-refractivity contribution in [3.05, 3.63) is 32.2 Å². The van der Waals surface area contributed by atoms with E-state index in [-0.39, 0.29) is 0 Å².